The van der Waals surface area contributed by atoms with Crippen LogP contribution in [0.25, 0.3) is 0 Å². The molecule has 0 radical (unpaired) electrons. The van der Waals surface area contributed by atoms with Gasteiger partial charge in [-0.05, 0) is 12.8 Å². The van der Waals surface area contributed by atoms with Gasteiger partial charge in [0.05, 0.1) is 7.11 Å². The number of carbonyl (C=O) groups is 1. The summed E-state index contributed by atoms with van der Waals surface area (Å²) in [5.41, 5.74) is 5.08. The van der Waals surface area contributed by atoms with Crippen LogP contribution in [-0.4, -0.2) is 38.6 Å². The first kappa shape index (κ1) is 12.4. The molecule has 0 heterocycles. The van der Waals surface area contributed by atoms with Crippen LogP contribution < -0.4 is 5.73 Å². The maximum atomic E-state index is 11.4. The van der Waals surface area contributed by atoms with Crippen LogP contribution in [0.1, 0.15) is 25.7 Å². The summed E-state index contributed by atoms with van der Waals surface area (Å²) >= 11 is 0. The second kappa shape index (κ2) is 4.47. The predicted octanol–water partition coefficient (Wildman–Crippen LogP) is 0.420. The molecule has 5 heteroatoms. The highest BCUT2D eigenvalue weighted by atomic mass is 16.7. The quantitative estimate of drug-likeness (QED) is 0.548. The molecular formula is C10H19NO4. The Hall–Kier alpha value is -0.650. The second-order valence-corrected chi connectivity index (χ2v) is 3.97. The fourth-order valence-electron chi connectivity index (χ4n) is 1.98. The molecule has 0 spiro atoms. The number of nitrogens with two attached hydrogens (primary N) is 1. The summed E-state index contributed by atoms with van der Waals surface area (Å²) in [4.78, 5) is 11.4. The average molecular weight is 217 g/mol. The molecule has 0 aromatic carbocycles. The highest BCUT2D eigenvalue weighted by Crippen LogP contribution is 2.36. The minimum absolute atomic E-state index is 0.358. The maximum Gasteiger partial charge on any atom is 0.325 e. The van der Waals surface area contributed by atoms with E-state index in [0.29, 0.717) is 25.7 Å². The predicted molar refractivity (Wildman–Crippen MR) is 54.2 cm³/mol. The van der Waals surface area contributed by atoms with Crippen molar-refractivity contribution in [2.45, 2.75) is 37.0 Å². The summed E-state index contributed by atoms with van der Waals surface area (Å²) in [7, 11) is 4.56. The van der Waals surface area contributed by atoms with Gasteiger partial charge in [-0.3, -0.25) is 4.79 Å². The number of ether oxygens (including phenoxy) is 3. The molecule has 15 heavy (non-hydrogen) atoms. The maximum absolute atomic E-state index is 11.4. The van der Waals surface area contributed by atoms with Crippen molar-refractivity contribution in [3.63, 3.8) is 0 Å². The van der Waals surface area contributed by atoms with Gasteiger partial charge in [0.1, 0.15) is 5.54 Å². The van der Waals surface area contributed by atoms with E-state index >= 15 is 0 Å². The molecule has 0 aromatic heterocycles. The molecule has 0 atom stereocenters. The van der Waals surface area contributed by atoms with E-state index in [-0.39, 0.29) is 5.97 Å². The summed E-state index contributed by atoms with van der Waals surface area (Å²) < 4.78 is 15.3. The zero-order chi connectivity index (χ0) is 11.5. The molecule has 2 N–H and O–H groups in total. The first-order valence-electron chi connectivity index (χ1n) is 4.99. The number of carbonyl (C=O) groups excluding carboxylic acids is 1. The van der Waals surface area contributed by atoms with Crippen LogP contribution in [0.2, 0.25) is 0 Å². The molecule has 0 amide bonds. The van der Waals surface area contributed by atoms with E-state index in [9.17, 15) is 4.79 Å². The Morgan fingerprint density at radius 1 is 1.07 bits per heavy atom. The lowest BCUT2D eigenvalue weighted by atomic mass is 9.79. The van der Waals surface area contributed by atoms with Gasteiger partial charge in [-0.1, -0.05) is 0 Å². The molecule has 0 aromatic rings. The monoisotopic (exact) mass is 217 g/mol. The van der Waals surface area contributed by atoms with Crippen LogP contribution >= 0.6 is 0 Å². The third kappa shape index (κ3) is 2.30. The van der Waals surface area contributed by atoms with Gasteiger partial charge in [-0.2, -0.15) is 0 Å². The van der Waals surface area contributed by atoms with E-state index in [1.54, 1.807) is 14.2 Å². The van der Waals surface area contributed by atoms with Crippen LogP contribution in [0.3, 0.4) is 0 Å². The number of rotatable bonds is 3. The van der Waals surface area contributed by atoms with Gasteiger partial charge < -0.3 is 19.9 Å². The molecule has 0 aliphatic heterocycles. The third-order valence-electron chi connectivity index (χ3n) is 3.24. The first-order chi connectivity index (χ1) is 7.02. The Labute approximate surface area is 89.9 Å². The molecule has 1 aliphatic carbocycles. The summed E-state index contributed by atoms with van der Waals surface area (Å²) in [6, 6.07) is 0. The van der Waals surface area contributed by atoms with Crippen molar-refractivity contribution in [3.8, 4) is 0 Å². The van der Waals surface area contributed by atoms with Crippen LogP contribution in [0.4, 0.5) is 0 Å². The van der Waals surface area contributed by atoms with Crippen LogP contribution in [0, 0.1) is 0 Å². The Morgan fingerprint density at radius 3 is 1.87 bits per heavy atom. The zero-order valence-electron chi connectivity index (χ0n) is 9.54. The lowest BCUT2D eigenvalue weighted by Crippen LogP contribution is -2.55. The third-order valence-corrected chi connectivity index (χ3v) is 3.24. The molecule has 88 valence electrons. The van der Waals surface area contributed by atoms with Gasteiger partial charge in [-0.15, -0.1) is 0 Å². The molecule has 0 bridgehead atoms. The molecule has 1 fully saturated rings. The molecule has 1 aliphatic rings. The van der Waals surface area contributed by atoms with Crippen molar-refractivity contribution in [1.82, 2.24) is 0 Å². The van der Waals surface area contributed by atoms with Crippen molar-refractivity contribution in [1.29, 1.82) is 0 Å². The Balaban J connectivity index is 2.65. The lowest BCUT2D eigenvalue weighted by molar-refractivity contribution is -0.229. The van der Waals surface area contributed by atoms with Crippen molar-refractivity contribution in [2.75, 3.05) is 21.3 Å². The summed E-state index contributed by atoms with van der Waals surface area (Å²) in [6.45, 7) is 0. The number of esters is 1. The highest BCUT2D eigenvalue weighted by Gasteiger charge is 2.45. The first-order valence-corrected chi connectivity index (χ1v) is 4.99. The Bertz CT molecular complexity index is 228. The fraction of sp³-hybridized carbons (Fsp3) is 0.900. The van der Waals surface area contributed by atoms with Gasteiger partial charge >= 0.3 is 5.97 Å². The Morgan fingerprint density at radius 2 is 1.53 bits per heavy atom. The molecule has 1 saturated carbocycles. The minimum Gasteiger partial charge on any atom is -0.468 e. The fourth-order valence-corrected chi connectivity index (χ4v) is 1.98. The van der Waals surface area contributed by atoms with Gasteiger partial charge in [0.2, 0.25) is 0 Å². The topological polar surface area (TPSA) is 70.8 Å². The molecule has 1 rings (SSSR count). The van der Waals surface area contributed by atoms with Crippen LogP contribution in [0.5, 0.6) is 0 Å². The minimum atomic E-state index is -0.880. The van der Waals surface area contributed by atoms with E-state index in [2.05, 4.69) is 4.74 Å². The van der Waals surface area contributed by atoms with Crippen molar-refractivity contribution < 1.29 is 19.0 Å². The molecule has 0 saturated heterocycles. The molecular weight excluding hydrogens is 198 g/mol. The summed E-state index contributed by atoms with van der Waals surface area (Å²) in [6.07, 6.45) is 2.24. The largest absolute Gasteiger partial charge is 0.468 e. The van der Waals surface area contributed by atoms with Crippen molar-refractivity contribution >= 4 is 5.97 Å². The van der Waals surface area contributed by atoms with Gasteiger partial charge in [0.25, 0.3) is 0 Å². The number of hydrogen-bond acceptors (Lipinski definition) is 5. The smallest absolute Gasteiger partial charge is 0.325 e. The summed E-state index contributed by atoms with van der Waals surface area (Å²) in [5, 5.41) is 0. The summed E-state index contributed by atoms with van der Waals surface area (Å²) in [5.74, 6) is -0.944. The van der Waals surface area contributed by atoms with E-state index in [4.69, 9.17) is 15.2 Å². The second-order valence-electron chi connectivity index (χ2n) is 3.97. The van der Waals surface area contributed by atoms with Gasteiger partial charge in [-0.25, -0.2) is 0 Å². The Kier molecular flexibility index (Phi) is 3.70. The van der Waals surface area contributed by atoms with Crippen LogP contribution in [0.15, 0.2) is 0 Å². The lowest BCUT2D eigenvalue weighted by Gasteiger charge is -2.41. The highest BCUT2D eigenvalue weighted by molar-refractivity contribution is 5.80. The normalized spacial score (nSPS) is 23.5. The molecule has 5 nitrogen and oxygen atoms in total. The van der Waals surface area contributed by atoms with Gasteiger partial charge in [0.15, 0.2) is 5.79 Å². The van der Waals surface area contributed by atoms with Gasteiger partial charge in [0, 0.05) is 27.1 Å². The van der Waals surface area contributed by atoms with E-state index in [1.165, 1.54) is 7.11 Å². The van der Waals surface area contributed by atoms with Crippen molar-refractivity contribution in [2.24, 2.45) is 5.73 Å². The zero-order valence-corrected chi connectivity index (χ0v) is 9.54. The number of hydrogen-bond donors (Lipinski definition) is 1. The van der Waals surface area contributed by atoms with E-state index < -0.39 is 11.3 Å². The average Bonchev–Trinajstić information content (AvgIpc) is 2.30. The van der Waals surface area contributed by atoms with E-state index in [0.717, 1.165) is 0 Å². The van der Waals surface area contributed by atoms with Crippen LogP contribution in [-0.2, 0) is 19.0 Å². The van der Waals surface area contributed by atoms with Crippen molar-refractivity contribution in [3.05, 3.63) is 0 Å². The standard InChI is InChI=1S/C10H19NO4/c1-13-8(12)9(11)4-6-10(14-2,15-3)7-5-9/h4-7,11H2,1-3H3. The SMILES string of the molecule is COC(=O)C1(N)CCC(OC)(OC)CC1. The molecule has 0 unspecified atom stereocenters. The number of methoxy groups -OCH3 is 3. The van der Waals surface area contributed by atoms with E-state index in [1.807, 2.05) is 0 Å².